The maximum Gasteiger partial charge on any atom is 0.255 e. The number of pyridine rings is 2. The Morgan fingerprint density at radius 1 is 0.975 bits per heavy atom. The van der Waals surface area contributed by atoms with E-state index in [1.807, 2.05) is 31.2 Å². The van der Waals surface area contributed by atoms with Crippen LogP contribution in [0.2, 0.25) is 5.02 Å². The molecular formula is C31H24ClN5O3. The van der Waals surface area contributed by atoms with Gasteiger partial charge < -0.3 is 20.1 Å². The van der Waals surface area contributed by atoms with Crippen molar-refractivity contribution in [3.05, 3.63) is 113 Å². The molecule has 198 valence electrons. The zero-order valence-electron chi connectivity index (χ0n) is 21.5. The number of aromatic nitrogens is 2. The van der Waals surface area contributed by atoms with Crippen molar-refractivity contribution in [1.82, 2.24) is 9.97 Å². The van der Waals surface area contributed by atoms with Gasteiger partial charge in [0.25, 0.3) is 5.91 Å². The number of nitrogens with one attached hydrogen (secondary N) is 2. The lowest BCUT2D eigenvalue weighted by Gasteiger charge is -2.17. The summed E-state index contributed by atoms with van der Waals surface area (Å²) in [6, 6.07) is 25.5. The number of fused-ring (bicyclic) bond motifs is 1. The van der Waals surface area contributed by atoms with Crippen molar-refractivity contribution in [3.8, 4) is 17.6 Å². The molecule has 5 aromatic rings. The van der Waals surface area contributed by atoms with Gasteiger partial charge in [0.2, 0.25) is 0 Å². The Hall–Kier alpha value is -5.13. The third kappa shape index (κ3) is 5.96. The van der Waals surface area contributed by atoms with Gasteiger partial charge in [0.1, 0.15) is 24.2 Å². The fraction of sp³-hybridized carbons (Fsp3) is 0.0968. The van der Waals surface area contributed by atoms with Crippen molar-refractivity contribution in [2.75, 3.05) is 17.2 Å². The summed E-state index contributed by atoms with van der Waals surface area (Å²) in [6.07, 6.45) is 3.20. The van der Waals surface area contributed by atoms with Crippen molar-refractivity contribution >= 4 is 45.5 Å². The molecule has 0 bridgehead atoms. The minimum absolute atomic E-state index is 0.278. The molecule has 40 heavy (non-hydrogen) atoms. The van der Waals surface area contributed by atoms with Crippen LogP contribution in [0.25, 0.3) is 10.9 Å². The smallest absolute Gasteiger partial charge is 0.255 e. The number of amides is 1. The number of hydrogen-bond donors (Lipinski definition) is 2. The Morgan fingerprint density at radius 3 is 2.52 bits per heavy atom. The maximum absolute atomic E-state index is 12.9. The van der Waals surface area contributed by atoms with Crippen LogP contribution < -0.4 is 20.1 Å². The van der Waals surface area contributed by atoms with Crippen molar-refractivity contribution < 1.29 is 14.3 Å². The first-order chi connectivity index (χ1) is 19.6. The van der Waals surface area contributed by atoms with E-state index >= 15 is 0 Å². The second kappa shape index (κ2) is 12.2. The largest absolute Gasteiger partial charge is 0.492 e. The molecule has 0 aliphatic rings. The quantitative estimate of drug-likeness (QED) is 0.201. The van der Waals surface area contributed by atoms with Gasteiger partial charge in [0.05, 0.1) is 39.8 Å². The van der Waals surface area contributed by atoms with Crippen LogP contribution >= 0.6 is 11.6 Å². The van der Waals surface area contributed by atoms with Gasteiger partial charge in [-0.1, -0.05) is 35.9 Å². The Balaban J connectivity index is 1.47. The SMILES string of the molecule is CCOc1cc2ncc(C#N)c(Nc3ccc(OCc4ccccn4)c(Cl)c3)c2cc1NC(=O)c1ccccc1. The molecule has 0 spiro atoms. The van der Waals surface area contributed by atoms with Gasteiger partial charge in [-0.25, -0.2) is 0 Å². The summed E-state index contributed by atoms with van der Waals surface area (Å²) in [4.78, 5) is 21.6. The molecule has 2 aromatic heterocycles. The first-order valence-electron chi connectivity index (χ1n) is 12.5. The summed E-state index contributed by atoms with van der Waals surface area (Å²) in [6.45, 7) is 2.54. The molecule has 0 saturated heterocycles. The first-order valence-corrected chi connectivity index (χ1v) is 12.9. The minimum Gasteiger partial charge on any atom is -0.492 e. The van der Waals surface area contributed by atoms with E-state index < -0.39 is 0 Å². The minimum atomic E-state index is -0.284. The number of nitrogens with zero attached hydrogens (tertiary/aromatic N) is 3. The highest BCUT2D eigenvalue weighted by molar-refractivity contribution is 6.32. The fourth-order valence-corrected chi connectivity index (χ4v) is 4.31. The molecule has 0 atom stereocenters. The van der Waals surface area contributed by atoms with Crippen molar-refractivity contribution in [3.63, 3.8) is 0 Å². The Kier molecular flexibility index (Phi) is 8.05. The molecule has 0 radical (unpaired) electrons. The van der Waals surface area contributed by atoms with Crippen LogP contribution in [0, 0.1) is 11.3 Å². The lowest BCUT2D eigenvalue weighted by molar-refractivity contribution is 0.102. The second-order valence-electron chi connectivity index (χ2n) is 8.66. The number of halogens is 1. The highest BCUT2D eigenvalue weighted by atomic mass is 35.5. The van der Waals surface area contributed by atoms with Crippen molar-refractivity contribution in [2.45, 2.75) is 13.5 Å². The van der Waals surface area contributed by atoms with Gasteiger partial charge in [0, 0.05) is 35.1 Å². The van der Waals surface area contributed by atoms with Gasteiger partial charge >= 0.3 is 0 Å². The molecule has 2 N–H and O–H groups in total. The molecule has 3 aromatic carbocycles. The summed E-state index contributed by atoms with van der Waals surface area (Å²) in [5.74, 6) is 0.693. The van der Waals surface area contributed by atoms with E-state index in [4.69, 9.17) is 21.1 Å². The van der Waals surface area contributed by atoms with Crippen LogP contribution in [0.5, 0.6) is 11.5 Å². The third-order valence-electron chi connectivity index (χ3n) is 5.98. The standard InChI is InChI=1S/C31H24ClN5O3/c1-2-39-29-16-26-24(15-27(29)37-31(38)20-8-4-3-5-9-20)30(21(17-33)18-35-26)36-22-11-12-28(25(32)14-22)40-19-23-10-6-7-13-34-23/h3-16,18H,2,19H2,1H3,(H,35,36)(H,37,38). The van der Waals surface area contributed by atoms with E-state index in [9.17, 15) is 10.1 Å². The Morgan fingerprint density at radius 2 is 1.80 bits per heavy atom. The lowest BCUT2D eigenvalue weighted by Crippen LogP contribution is -2.13. The number of benzene rings is 3. The van der Waals surface area contributed by atoms with Gasteiger partial charge in [0.15, 0.2) is 0 Å². The van der Waals surface area contributed by atoms with Crippen LogP contribution in [0.4, 0.5) is 17.1 Å². The van der Waals surface area contributed by atoms with Gasteiger partial charge in [-0.3, -0.25) is 14.8 Å². The molecule has 1 amide bonds. The van der Waals surface area contributed by atoms with E-state index in [0.717, 1.165) is 5.69 Å². The average molecular weight is 550 g/mol. The molecule has 2 heterocycles. The van der Waals surface area contributed by atoms with E-state index in [1.165, 1.54) is 6.20 Å². The van der Waals surface area contributed by atoms with Crippen LogP contribution in [0.15, 0.2) is 91.3 Å². The van der Waals surface area contributed by atoms with Crippen molar-refractivity contribution in [1.29, 1.82) is 5.26 Å². The number of ether oxygens (including phenoxy) is 2. The summed E-state index contributed by atoms with van der Waals surface area (Å²) < 4.78 is 11.6. The fourth-order valence-electron chi connectivity index (χ4n) is 4.07. The monoisotopic (exact) mass is 549 g/mol. The van der Waals surface area contributed by atoms with Crippen LogP contribution in [0.3, 0.4) is 0 Å². The Bertz CT molecular complexity index is 1710. The second-order valence-corrected chi connectivity index (χ2v) is 9.06. The highest BCUT2D eigenvalue weighted by Crippen LogP contribution is 2.37. The van der Waals surface area contributed by atoms with E-state index in [-0.39, 0.29) is 12.5 Å². The summed E-state index contributed by atoms with van der Waals surface area (Å²) in [5.41, 5.74) is 3.82. The predicted octanol–water partition coefficient (Wildman–Crippen LogP) is 7.13. The number of carbonyl (C=O) groups excluding carboxylic acids is 1. The molecule has 8 nitrogen and oxygen atoms in total. The van der Waals surface area contributed by atoms with E-state index in [0.29, 0.717) is 62.2 Å². The van der Waals surface area contributed by atoms with Gasteiger partial charge in [-0.15, -0.1) is 0 Å². The molecule has 0 aliphatic heterocycles. The maximum atomic E-state index is 12.9. The number of rotatable bonds is 9. The number of hydrogen-bond acceptors (Lipinski definition) is 7. The molecular weight excluding hydrogens is 526 g/mol. The topological polar surface area (TPSA) is 109 Å². The molecule has 9 heteroatoms. The Labute approximate surface area is 236 Å². The number of anilines is 3. The van der Waals surface area contributed by atoms with Crippen LogP contribution in [-0.4, -0.2) is 22.5 Å². The molecule has 0 saturated carbocycles. The highest BCUT2D eigenvalue weighted by Gasteiger charge is 2.17. The zero-order chi connectivity index (χ0) is 27.9. The van der Waals surface area contributed by atoms with Crippen molar-refractivity contribution in [2.24, 2.45) is 0 Å². The molecule has 0 fully saturated rings. The lowest BCUT2D eigenvalue weighted by atomic mass is 10.1. The van der Waals surface area contributed by atoms with Crippen LogP contribution in [-0.2, 0) is 6.61 Å². The number of carbonyl (C=O) groups is 1. The first kappa shape index (κ1) is 26.5. The molecule has 0 unspecified atom stereocenters. The predicted molar refractivity (Wildman–Crippen MR) is 155 cm³/mol. The average Bonchev–Trinajstić information content (AvgIpc) is 2.98. The van der Waals surface area contributed by atoms with E-state index in [2.05, 4.69) is 26.7 Å². The zero-order valence-corrected chi connectivity index (χ0v) is 22.3. The summed E-state index contributed by atoms with van der Waals surface area (Å²) in [5, 5.41) is 17.1. The van der Waals surface area contributed by atoms with E-state index in [1.54, 1.807) is 60.8 Å². The van der Waals surface area contributed by atoms with Gasteiger partial charge in [-0.2, -0.15) is 5.26 Å². The summed E-state index contributed by atoms with van der Waals surface area (Å²) in [7, 11) is 0. The molecule has 0 aliphatic carbocycles. The number of nitriles is 1. The normalized spacial score (nSPS) is 10.5. The third-order valence-corrected chi connectivity index (χ3v) is 6.27. The van der Waals surface area contributed by atoms with Crippen LogP contribution in [0.1, 0.15) is 28.5 Å². The molecule has 5 rings (SSSR count). The summed E-state index contributed by atoms with van der Waals surface area (Å²) >= 11 is 6.52. The van der Waals surface area contributed by atoms with Gasteiger partial charge in [-0.05, 0) is 55.5 Å².